The zero-order valence-electron chi connectivity index (χ0n) is 17.6. The highest BCUT2D eigenvalue weighted by Crippen LogP contribution is 2.17. The molecule has 1 atom stereocenters. The van der Waals surface area contributed by atoms with Crippen LogP contribution in [0.5, 0.6) is 0 Å². The van der Waals surface area contributed by atoms with E-state index in [-0.39, 0.29) is 6.10 Å². The largest absolute Gasteiger partial charge is 0.393 e. The van der Waals surface area contributed by atoms with Crippen LogP contribution in [-0.2, 0) is 16.4 Å². The second-order valence-electron chi connectivity index (χ2n) is 7.68. The third-order valence-corrected chi connectivity index (χ3v) is 6.07. The Balaban J connectivity index is 2.55. The molecular formula is C21H39N2O3S+. The van der Waals surface area contributed by atoms with Crippen LogP contribution in [0.2, 0.25) is 0 Å². The highest BCUT2D eigenvalue weighted by molar-refractivity contribution is 7.92. The van der Waals surface area contributed by atoms with E-state index in [1.165, 1.54) is 6.26 Å². The van der Waals surface area contributed by atoms with Crippen molar-refractivity contribution in [2.75, 3.05) is 37.2 Å². The van der Waals surface area contributed by atoms with E-state index in [9.17, 15) is 13.5 Å². The third-order valence-electron chi connectivity index (χ3n) is 5.46. The van der Waals surface area contributed by atoms with Gasteiger partial charge in [0.1, 0.15) is 0 Å². The van der Waals surface area contributed by atoms with E-state index in [1.807, 2.05) is 12.1 Å². The fourth-order valence-corrected chi connectivity index (χ4v) is 4.29. The summed E-state index contributed by atoms with van der Waals surface area (Å²) in [6.45, 7) is 11.1. The Bertz CT molecular complexity index is 643. The Labute approximate surface area is 166 Å². The molecule has 0 saturated heterocycles. The van der Waals surface area contributed by atoms with Gasteiger partial charge >= 0.3 is 0 Å². The zero-order valence-corrected chi connectivity index (χ0v) is 18.4. The van der Waals surface area contributed by atoms with Crippen molar-refractivity contribution < 1.29 is 18.0 Å². The molecule has 0 aliphatic carbocycles. The minimum absolute atomic E-state index is 0.157. The molecule has 1 aromatic carbocycles. The lowest BCUT2D eigenvalue weighted by Crippen LogP contribution is -2.49. The van der Waals surface area contributed by atoms with Gasteiger partial charge in [0.15, 0.2) is 0 Å². The van der Waals surface area contributed by atoms with Gasteiger partial charge in [-0.25, -0.2) is 8.42 Å². The summed E-state index contributed by atoms with van der Waals surface area (Å²) in [6, 6.07) is 7.67. The zero-order chi connectivity index (χ0) is 20.3. The quantitative estimate of drug-likeness (QED) is 0.468. The number of hydrogen-bond acceptors (Lipinski definition) is 3. The van der Waals surface area contributed by atoms with Crippen LogP contribution >= 0.6 is 0 Å². The van der Waals surface area contributed by atoms with Crippen LogP contribution in [0.3, 0.4) is 0 Å². The first-order valence-electron chi connectivity index (χ1n) is 10.3. The lowest BCUT2D eigenvalue weighted by Gasteiger charge is -2.37. The molecule has 1 rings (SSSR count). The molecular weight excluding hydrogens is 360 g/mol. The number of aliphatic hydroxyl groups excluding tert-OH is 1. The molecule has 0 aliphatic heterocycles. The lowest BCUT2D eigenvalue weighted by atomic mass is 10.1. The monoisotopic (exact) mass is 399 g/mol. The molecule has 0 spiro atoms. The van der Waals surface area contributed by atoms with Crippen LogP contribution in [0.25, 0.3) is 0 Å². The van der Waals surface area contributed by atoms with Crippen LogP contribution in [0.15, 0.2) is 24.3 Å². The number of sulfonamides is 1. The maximum atomic E-state index is 11.4. The highest BCUT2D eigenvalue weighted by Gasteiger charge is 2.22. The number of nitrogens with one attached hydrogen (secondary N) is 1. The SMILES string of the molecule is CCCC(O)CCC[N+](CC)(CC)CCCc1cccc(NS(C)(=O)=O)c1. The van der Waals surface area contributed by atoms with Crippen LogP contribution in [0, 0.1) is 0 Å². The summed E-state index contributed by atoms with van der Waals surface area (Å²) >= 11 is 0. The van der Waals surface area contributed by atoms with Crippen LogP contribution in [0.1, 0.15) is 58.4 Å². The number of nitrogens with zero attached hydrogens (tertiary/aromatic N) is 1. The fourth-order valence-electron chi connectivity index (χ4n) is 3.73. The third kappa shape index (κ3) is 9.58. The number of benzene rings is 1. The number of quaternary nitrogens is 1. The summed E-state index contributed by atoms with van der Waals surface area (Å²) in [5.41, 5.74) is 1.79. The molecule has 2 N–H and O–H groups in total. The number of anilines is 1. The Morgan fingerprint density at radius 1 is 1.07 bits per heavy atom. The standard InChI is InChI=1S/C21H39N2O3S/c1-5-11-21(24)15-10-17-23(6-2,7-3)16-9-13-19-12-8-14-20(18-19)22-27(4,25)26/h8,12,14,18,21-22,24H,5-7,9-11,13,15-17H2,1-4H3/q+1. The van der Waals surface area contributed by atoms with Crippen molar-refractivity contribution >= 4 is 15.7 Å². The highest BCUT2D eigenvalue weighted by atomic mass is 32.2. The van der Waals surface area contributed by atoms with Gasteiger partial charge in [0.05, 0.1) is 38.5 Å². The van der Waals surface area contributed by atoms with E-state index in [1.54, 1.807) is 6.07 Å². The molecule has 0 heterocycles. The lowest BCUT2D eigenvalue weighted by molar-refractivity contribution is -0.925. The second kappa shape index (κ2) is 11.7. The molecule has 6 heteroatoms. The summed E-state index contributed by atoms with van der Waals surface area (Å²) in [4.78, 5) is 0. The van der Waals surface area contributed by atoms with Gasteiger partial charge in [-0.2, -0.15) is 0 Å². The van der Waals surface area contributed by atoms with Crippen LogP contribution in [-0.4, -0.2) is 56.5 Å². The topological polar surface area (TPSA) is 66.4 Å². The number of hydrogen-bond donors (Lipinski definition) is 2. The molecule has 0 aliphatic rings. The van der Waals surface area contributed by atoms with Gasteiger partial charge < -0.3 is 9.59 Å². The van der Waals surface area contributed by atoms with Gasteiger partial charge in [-0.3, -0.25) is 4.72 Å². The summed E-state index contributed by atoms with van der Waals surface area (Å²) < 4.78 is 26.4. The van der Waals surface area contributed by atoms with Gasteiger partial charge in [0.2, 0.25) is 10.0 Å². The van der Waals surface area contributed by atoms with Crippen molar-refractivity contribution in [1.82, 2.24) is 0 Å². The summed E-state index contributed by atoms with van der Waals surface area (Å²) in [6.07, 6.45) is 6.93. The Morgan fingerprint density at radius 3 is 2.33 bits per heavy atom. The molecule has 5 nitrogen and oxygen atoms in total. The van der Waals surface area contributed by atoms with Crippen molar-refractivity contribution in [3.63, 3.8) is 0 Å². The van der Waals surface area contributed by atoms with Gasteiger partial charge in [0, 0.05) is 12.1 Å². The minimum atomic E-state index is -3.24. The summed E-state index contributed by atoms with van der Waals surface area (Å²) in [5, 5.41) is 9.97. The van der Waals surface area contributed by atoms with Crippen molar-refractivity contribution in [2.24, 2.45) is 0 Å². The molecule has 1 unspecified atom stereocenters. The number of aliphatic hydroxyl groups is 1. The fraction of sp³-hybridized carbons (Fsp3) is 0.714. The molecule has 0 saturated carbocycles. The maximum absolute atomic E-state index is 11.4. The molecule has 0 radical (unpaired) electrons. The van der Waals surface area contributed by atoms with Crippen LogP contribution in [0.4, 0.5) is 5.69 Å². The molecule has 156 valence electrons. The predicted octanol–water partition coefficient (Wildman–Crippen LogP) is 3.79. The normalized spacial score (nSPS) is 13.5. The van der Waals surface area contributed by atoms with Crippen molar-refractivity contribution in [2.45, 2.75) is 65.4 Å². The summed E-state index contributed by atoms with van der Waals surface area (Å²) in [5.74, 6) is 0. The number of aryl methyl sites for hydroxylation is 1. The molecule has 1 aromatic rings. The first-order chi connectivity index (χ1) is 12.7. The predicted molar refractivity (Wildman–Crippen MR) is 114 cm³/mol. The van der Waals surface area contributed by atoms with Crippen molar-refractivity contribution in [3.8, 4) is 0 Å². The summed E-state index contributed by atoms with van der Waals surface area (Å²) in [7, 11) is -3.24. The van der Waals surface area contributed by atoms with E-state index in [4.69, 9.17) is 0 Å². The smallest absolute Gasteiger partial charge is 0.229 e. The van der Waals surface area contributed by atoms with E-state index in [0.29, 0.717) is 5.69 Å². The molecule has 0 fully saturated rings. The van der Waals surface area contributed by atoms with Gasteiger partial charge in [-0.15, -0.1) is 0 Å². The van der Waals surface area contributed by atoms with Gasteiger partial charge in [-0.1, -0.05) is 25.5 Å². The molecule has 0 aromatic heterocycles. The van der Waals surface area contributed by atoms with Crippen molar-refractivity contribution in [3.05, 3.63) is 29.8 Å². The van der Waals surface area contributed by atoms with E-state index < -0.39 is 10.0 Å². The maximum Gasteiger partial charge on any atom is 0.229 e. The molecule has 0 bridgehead atoms. The second-order valence-corrected chi connectivity index (χ2v) is 9.43. The van der Waals surface area contributed by atoms with Crippen molar-refractivity contribution in [1.29, 1.82) is 0 Å². The van der Waals surface area contributed by atoms with E-state index in [2.05, 4.69) is 31.6 Å². The average molecular weight is 400 g/mol. The van der Waals surface area contributed by atoms with Gasteiger partial charge in [0.25, 0.3) is 0 Å². The average Bonchev–Trinajstić information content (AvgIpc) is 2.59. The Kier molecular flexibility index (Phi) is 10.3. The number of rotatable bonds is 14. The molecule has 27 heavy (non-hydrogen) atoms. The molecule has 0 amide bonds. The minimum Gasteiger partial charge on any atom is -0.393 e. The first-order valence-corrected chi connectivity index (χ1v) is 12.2. The Morgan fingerprint density at radius 2 is 1.74 bits per heavy atom. The first kappa shape index (κ1) is 23.9. The Hall–Kier alpha value is -1.11. The van der Waals surface area contributed by atoms with E-state index in [0.717, 1.165) is 74.8 Å². The van der Waals surface area contributed by atoms with Crippen LogP contribution < -0.4 is 4.72 Å². The van der Waals surface area contributed by atoms with E-state index >= 15 is 0 Å². The van der Waals surface area contributed by atoms with Gasteiger partial charge in [-0.05, 0) is 57.2 Å².